The van der Waals surface area contributed by atoms with E-state index in [1.807, 2.05) is 25.1 Å². The van der Waals surface area contributed by atoms with Gasteiger partial charge < -0.3 is 20.5 Å². The Hall–Kier alpha value is -3.62. The van der Waals surface area contributed by atoms with Gasteiger partial charge in [0, 0.05) is 37.0 Å². The summed E-state index contributed by atoms with van der Waals surface area (Å²) in [6, 6.07) is 10.8. The summed E-state index contributed by atoms with van der Waals surface area (Å²) in [5, 5.41) is 15.1. The first-order chi connectivity index (χ1) is 16.4. The third-order valence-electron chi connectivity index (χ3n) is 5.23. The van der Waals surface area contributed by atoms with Gasteiger partial charge in [-0.15, -0.1) is 0 Å². The maximum atomic E-state index is 13.2. The molecule has 0 spiro atoms. The predicted molar refractivity (Wildman–Crippen MR) is 135 cm³/mol. The van der Waals surface area contributed by atoms with E-state index in [2.05, 4.69) is 20.6 Å². The molecule has 1 aromatic carbocycles. The number of halogens is 2. The van der Waals surface area contributed by atoms with Crippen LogP contribution in [0.3, 0.4) is 0 Å². The van der Waals surface area contributed by atoms with Crippen LogP contribution in [0.4, 0.5) is 11.5 Å². The Morgan fingerprint density at radius 1 is 1.12 bits per heavy atom. The van der Waals surface area contributed by atoms with Gasteiger partial charge >= 0.3 is 0 Å². The minimum Gasteiger partial charge on any atom is -0.446 e. The van der Waals surface area contributed by atoms with Crippen LogP contribution in [0.5, 0.6) is 0 Å². The van der Waals surface area contributed by atoms with E-state index in [4.69, 9.17) is 33.0 Å². The van der Waals surface area contributed by atoms with Crippen LogP contribution >= 0.6 is 23.2 Å². The lowest BCUT2D eigenvalue weighted by atomic mass is 10.2. The molecule has 4 rings (SSSR count). The molecule has 0 aliphatic carbocycles. The van der Waals surface area contributed by atoms with Gasteiger partial charge in [-0.25, -0.2) is 9.97 Å². The van der Waals surface area contributed by atoms with Gasteiger partial charge in [-0.2, -0.15) is 0 Å². The molecular formula is C24H22Cl2N6O2. The molecule has 34 heavy (non-hydrogen) atoms. The molecule has 0 amide bonds. The Kier molecular flexibility index (Phi) is 7.00. The Bertz CT molecular complexity index is 1410. The van der Waals surface area contributed by atoms with Gasteiger partial charge in [-0.3, -0.25) is 9.36 Å². The lowest BCUT2D eigenvalue weighted by molar-refractivity contribution is 0.493. The lowest BCUT2D eigenvalue weighted by Gasteiger charge is -2.15. The molecule has 3 heterocycles. The fourth-order valence-corrected chi connectivity index (χ4v) is 3.88. The number of aryl methyl sites for hydroxylation is 2. The number of hydrogen-bond acceptors (Lipinski definition) is 7. The molecule has 10 heteroatoms. The van der Waals surface area contributed by atoms with Crippen molar-refractivity contribution < 1.29 is 4.42 Å². The van der Waals surface area contributed by atoms with Crippen molar-refractivity contribution in [3.63, 3.8) is 0 Å². The van der Waals surface area contributed by atoms with Gasteiger partial charge in [-0.1, -0.05) is 41.4 Å². The van der Waals surface area contributed by atoms with E-state index in [-0.39, 0.29) is 11.1 Å². The van der Waals surface area contributed by atoms with Crippen molar-refractivity contribution in [2.75, 3.05) is 10.6 Å². The van der Waals surface area contributed by atoms with Crippen molar-refractivity contribution in [1.29, 1.82) is 5.41 Å². The summed E-state index contributed by atoms with van der Waals surface area (Å²) in [7, 11) is 0. The first-order valence-corrected chi connectivity index (χ1v) is 11.2. The summed E-state index contributed by atoms with van der Waals surface area (Å²) in [6.07, 6.45) is 4.11. The van der Waals surface area contributed by atoms with Crippen LogP contribution in [-0.4, -0.2) is 20.7 Å². The third-order valence-corrected chi connectivity index (χ3v) is 5.89. The number of hydrogen-bond donors (Lipinski definition) is 3. The van der Waals surface area contributed by atoms with Crippen molar-refractivity contribution >= 4 is 40.9 Å². The molecule has 0 aliphatic heterocycles. The first kappa shape index (κ1) is 23.5. The zero-order chi connectivity index (χ0) is 24.2. The van der Waals surface area contributed by atoms with E-state index in [0.717, 1.165) is 23.2 Å². The van der Waals surface area contributed by atoms with Gasteiger partial charge in [0.15, 0.2) is 5.89 Å². The van der Waals surface area contributed by atoms with Crippen LogP contribution in [0.15, 0.2) is 58.0 Å². The minimum absolute atomic E-state index is 0.200. The number of anilines is 2. The van der Waals surface area contributed by atoms with Gasteiger partial charge in [0.25, 0.3) is 5.56 Å². The summed E-state index contributed by atoms with van der Waals surface area (Å²) < 4.78 is 6.84. The van der Waals surface area contributed by atoms with Crippen molar-refractivity contribution in [2.45, 2.75) is 26.9 Å². The number of rotatable bonds is 8. The summed E-state index contributed by atoms with van der Waals surface area (Å²) in [5.74, 6) is 1.84. The number of oxazole rings is 1. The molecule has 174 valence electrons. The van der Waals surface area contributed by atoms with Gasteiger partial charge in [0.1, 0.15) is 17.3 Å². The third kappa shape index (κ3) is 4.98. The fourth-order valence-electron chi connectivity index (χ4n) is 3.49. The van der Waals surface area contributed by atoms with Crippen LogP contribution in [0.2, 0.25) is 10.0 Å². The van der Waals surface area contributed by atoms with Gasteiger partial charge in [0.2, 0.25) is 0 Å². The molecule has 3 aromatic heterocycles. The number of nitrogens with one attached hydrogen (secondary N) is 3. The topological polar surface area (TPSA) is 109 Å². The smallest absolute Gasteiger partial charge is 0.266 e. The molecule has 3 N–H and O–H groups in total. The SMILES string of the molecule is Cc1nc(CNc2cc(-n3ccc(NCc4ccccc4Cl)c(C=N)c3=O)c(Cl)cn2)c(C)o1. The maximum Gasteiger partial charge on any atom is 0.266 e. The second-order valence-corrected chi connectivity index (χ2v) is 8.33. The van der Waals surface area contributed by atoms with Crippen molar-refractivity contribution in [3.8, 4) is 5.69 Å². The van der Waals surface area contributed by atoms with Gasteiger partial charge in [0.05, 0.1) is 34.7 Å². The number of aromatic nitrogens is 3. The summed E-state index contributed by atoms with van der Waals surface area (Å²) >= 11 is 12.6. The zero-order valence-electron chi connectivity index (χ0n) is 18.5. The Balaban J connectivity index is 1.60. The second kappa shape index (κ2) is 10.1. The van der Waals surface area contributed by atoms with E-state index < -0.39 is 0 Å². The van der Waals surface area contributed by atoms with E-state index >= 15 is 0 Å². The molecule has 0 saturated heterocycles. The van der Waals surface area contributed by atoms with Crippen LogP contribution in [0, 0.1) is 19.3 Å². The Morgan fingerprint density at radius 2 is 1.91 bits per heavy atom. The summed E-state index contributed by atoms with van der Waals surface area (Å²) in [4.78, 5) is 21.8. The normalized spacial score (nSPS) is 10.8. The molecule has 0 unspecified atom stereocenters. The van der Waals surface area contributed by atoms with E-state index in [0.29, 0.717) is 46.2 Å². The van der Waals surface area contributed by atoms with E-state index in [9.17, 15) is 4.79 Å². The maximum absolute atomic E-state index is 13.2. The number of nitrogens with zero attached hydrogens (tertiary/aromatic N) is 3. The molecular weight excluding hydrogens is 475 g/mol. The highest BCUT2D eigenvalue weighted by Crippen LogP contribution is 2.24. The van der Waals surface area contributed by atoms with Crippen LogP contribution in [-0.2, 0) is 13.1 Å². The predicted octanol–water partition coefficient (Wildman–Crippen LogP) is 5.37. The molecule has 0 atom stereocenters. The van der Waals surface area contributed by atoms with Crippen molar-refractivity contribution in [2.24, 2.45) is 0 Å². The van der Waals surface area contributed by atoms with E-state index in [1.54, 1.807) is 31.3 Å². The van der Waals surface area contributed by atoms with Crippen LogP contribution in [0.1, 0.15) is 28.5 Å². The average Bonchev–Trinajstić information content (AvgIpc) is 3.15. The molecule has 0 fully saturated rings. The second-order valence-electron chi connectivity index (χ2n) is 7.52. The quantitative estimate of drug-likeness (QED) is 0.283. The lowest BCUT2D eigenvalue weighted by Crippen LogP contribution is -2.24. The monoisotopic (exact) mass is 496 g/mol. The molecule has 0 radical (unpaired) electrons. The molecule has 0 bridgehead atoms. The van der Waals surface area contributed by atoms with Crippen LogP contribution in [0.25, 0.3) is 5.69 Å². The standard InChI is InChI=1S/C24H22Cl2N6O2/c1-14-21(31-15(2)34-14)13-30-23-9-22(19(26)12-29-23)32-8-7-20(17(10-27)24(32)33)28-11-16-5-3-4-6-18(16)25/h3-10,12,27-28H,11,13H2,1-2H3,(H,29,30). The van der Waals surface area contributed by atoms with E-state index in [1.165, 1.54) is 10.8 Å². The zero-order valence-corrected chi connectivity index (χ0v) is 20.0. The first-order valence-electron chi connectivity index (χ1n) is 10.4. The molecule has 0 aliphatic rings. The molecule has 4 aromatic rings. The highest BCUT2D eigenvalue weighted by atomic mass is 35.5. The highest BCUT2D eigenvalue weighted by Gasteiger charge is 2.14. The highest BCUT2D eigenvalue weighted by molar-refractivity contribution is 6.32. The summed E-state index contributed by atoms with van der Waals surface area (Å²) in [5.41, 5.74) is 2.43. The molecule has 8 nitrogen and oxygen atoms in total. The van der Waals surface area contributed by atoms with Crippen molar-refractivity contribution in [3.05, 3.63) is 97.7 Å². The Labute approximate surface area is 206 Å². The number of pyridine rings is 2. The minimum atomic E-state index is -0.388. The average molecular weight is 497 g/mol. The molecule has 0 saturated carbocycles. The fraction of sp³-hybridized carbons (Fsp3) is 0.167. The van der Waals surface area contributed by atoms with Crippen LogP contribution < -0.4 is 16.2 Å². The Morgan fingerprint density at radius 3 is 2.62 bits per heavy atom. The largest absolute Gasteiger partial charge is 0.446 e. The van der Waals surface area contributed by atoms with Gasteiger partial charge in [-0.05, 0) is 24.6 Å². The number of benzene rings is 1. The summed E-state index contributed by atoms with van der Waals surface area (Å²) in [6.45, 7) is 4.45. The van der Waals surface area contributed by atoms with Crippen molar-refractivity contribution in [1.82, 2.24) is 14.5 Å².